The van der Waals surface area contributed by atoms with E-state index in [1.54, 1.807) is 24.3 Å². The fourth-order valence-electron chi connectivity index (χ4n) is 1.68. The van der Waals surface area contributed by atoms with Gasteiger partial charge in [0.25, 0.3) is 0 Å². The maximum absolute atomic E-state index is 11.7. The molecule has 3 N–H and O–H groups in total. The van der Waals surface area contributed by atoms with Crippen LogP contribution in [0, 0.1) is 0 Å². The average molecular weight is 206 g/mol. The fraction of sp³-hybridized carbons (Fsp3) is 0.364. The van der Waals surface area contributed by atoms with E-state index in [4.69, 9.17) is 5.11 Å². The summed E-state index contributed by atoms with van der Waals surface area (Å²) < 4.78 is 0. The van der Waals surface area contributed by atoms with Gasteiger partial charge in [-0.15, -0.1) is 0 Å². The summed E-state index contributed by atoms with van der Waals surface area (Å²) in [5, 5.41) is 15.0. The fourth-order valence-corrected chi connectivity index (χ4v) is 1.68. The highest BCUT2D eigenvalue weighted by Crippen LogP contribution is 2.15. The van der Waals surface area contributed by atoms with Crippen LogP contribution in [-0.2, 0) is 4.79 Å². The Morgan fingerprint density at radius 3 is 2.73 bits per heavy atom. The molecule has 4 nitrogen and oxygen atoms in total. The van der Waals surface area contributed by atoms with E-state index in [0.717, 1.165) is 19.4 Å². The van der Waals surface area contributed by atoms with E-state index >= 15 is 0 Å². The number of benzene rings is 1. The molecular formula is C11H14N2O2. The topological polar surface area (TPSA) is 61.4 Å². The maximum atomic E-state index is 11.7. The molecule has 1 fully saturated rings. The zero-order valence-electron chi connectivity index (χ0n) is 8.36. The number of phenolic OH excluding ortho intramolecular Hbond substituents is 1. The van der Waals surface area contributed by atoms with Crippen LogP contribution in [0.5, 0.6) is 5.75 Å². The lowest BCUT2D eigenvalue weighted by molar-refractivity contribution is -0.117. The highest BCUT2D eigenvalue weighted by atomic mass is 16.3. The molecule has 1 amide bonds. The quantitative estimate of drug-likeness (QED) is 0.635. The van der Waals surface area contributed by atoms with E-state index in [-0.39, 0.29) is 17.7 Å². The molecule has 0 saturated carbocycles. The van der Waals surface area contributed by atoms with E-state index in [9.17, 15) is 4.79 Å². The van der Waals surface area contributed by atoms with Crippen LogP contribution in [0.3, 0.4) is 0 Å². The van der Waals surface area contributed by atoms with Gasteiger partial charge in [-0.1, -0.05) is 0 Å². The number of rotatable bonds is 2. The first-order valence-electron chi connectivity index (χ1n) is 5.09. The van der Waals surface area contributed by atoms with Crippen molar-refractivity contribution >= 4 is 11.6 Å². The van der Waals surface area contributed by atoms with Gasteiger partial charge in [-0.3, -0.25) is 4.79 Å². The van der Waals surface area contributed by atoms with Gasteiger partial charge >= 0.3 is 0 Å². The minimum absolute atomic E-state index is 0.00168. The van der Waals surface area contributed by atoms with Crippen molar-refractivity contribution in [2.24, 2.45) is 0 Å². The highest BCUT2D eigenvalue weighted by molar-refractivity contribution is 5.95. The van der Waals surface area contributed by atoms with Gasteiger partial charge in [0.1, 0.15) is 5.75 Å². The molecule has 0 bridgehead atoms. The number of anilines is 1. The Morgan fingerprint density at radius 2 is 2.13 bits per heavy atom. The number of carbonyl (C=O) groups excluding carboxylic acids is 1. The van der Waals surface area contributed by atoms with Crippen molar-refractivity contribution in [1.82, 2.24) is 5.32 Å². The zero-order chi connectivity index (χ0) is 10.7. The minimum Gasteiger partial charge on any atom is -0.508 e. The summed E-state index contributed by atoms with van der Waals surface area (Å²) in [7, 11) is 0. The third kappa shape index (κ3) is 2.47. The SMILES string of the molecule is O=C(Nc1ccc(O)cc1)C1CCCN1. The van der Waals surface area contributed by atoms with Crippen LogP contribution in [0.25, 0.3) is 0 Å². The molecule has 1 unspecified atom stereocenters. The first kappa shape index (κ1) is 9.98. The lowest BCUT2D eigenvalue weighted by Crippen LogP contribution is -2.35. The van der Waals surface area contributed by atoms with Crippen LogP contribution in [-0.4, -0.2) is 23.6 Å². The number of nitrogens with one attached hydrogen (secondary N) is 2. The molecule has 1 aromatic rings. The van der Waals surface area contributed by atoms with Crippen molar-refractivity contribution in [2.75, 3.05) is 11.9 Å². The predicted octanol–water partition coefficient (Wildman–Crippen LogP) is 1.08. The van der Waals surface area contributed by atoms with Gasteiger partial charge in [0.15, 0.2) is 0 Å². The van der Waals surface area contributed by atoms with Crippen LogP contribution in [0.1, 0.15) is 12.8 Å². The minimum atomic E-state index is -0.0706. The Morgan fingerprint density at radius 1 is 1.40 bits per heavy atom. The van der Waals surface area contributed by atoms with Crippen LogP contribution >= 0.6 is 0 Å². The Bertz CT molecular complexity index is 342. The van der Waals surface area contributed by atoms with Gasteiger partial charge in [0.2, 0.25) is 5.91 Å². The summed E-state index contributed by atoms with van der Waals surface area (Å²) in [6.45, 7) is 0.910. The molecule has 4 heteroatoms. The molecule has 0 aliphatic carbocycles. The number of phenols is 1. The van der Waals surface area contributed by atoms with Gasteiger partial charge in [-0.2, -0.15) is 0 Å². The summed E-state index contributed by atoms with van der Waals surface area (Å²) in [4.78, 5) is 11.7. The number of hydrogen-bond donors (Lipinski definition) is 3. The molecule has 0 aromatic heterocycles. The monoisotopic (exact) mass is 206 g/mol. The molecule has 0 radical (unpaired) electrons. The first-order chi connectivity index (χ1) is 7.25. The van der Waals surface area contributed by atoms with Crippen molar-refractivity contribution in [2.45, 2.75) is 18.9 Å². The number of aromatic hydroxyl groups is 1. The largest absolute Gasteiger partial charge is 0.508 e. The van der Waals surface area contributed by atoms with Crippen molar-refractivity contribution < 1.29 is 9.90 Å². The Kier molecular flexibility index (Phi) is 2.87. The van der Waals surface area contributed by atoms with E-state index in [1.165, 1.54) is 0 Å². The lowest BCUT2D eigenvalue weighted by atomic mass is 10.2. The standard InChI is InChI=1S/C11H14N2O2/c14-9-5-3-8(4-6-9)13-11(15)10-2-1-7-12-10/h3-6,10,12,14H,1-2,7H2,(H,13,15). The van der Waals surface area contributed by atoms with E-state index in [1.807, 2.05) is 0 Å². The summed E-state index contributed by atoms with van der Waals surface area (Å²) in [5.74, 6) is 0.199. The highest BCUT2D eigenvalue weighted by Gasteiger charge is 2.21. The Hall–Kier alpha value is -1.55. The average Bonchev–Trinajstić information content (AvgIpc) is 2.74. The molecular weight excluding hydrogens is 192 g/mol. The maximum Gasteiger partial charge on any atom is 0.241 e. The number of hydrogen-bond acceptors (Lipinski definition) is 3. The molecule has 1 aromatic carbocycles. The second-order valence-electron chi connectivity index (χ2n) is 3.69. The van der Waals surface area contributed by atoms with Gasteiger partial charge < -0.3 is 15.7 Å². The van der Waals surface area contributed by atoms with Crippen LogP contribution in [0.4, 0.5) is 5.69 Å². The molecule has 1 aliphatic rings. The van der Waals surface area contributed by atoms with Gasteiger partial charge in [0.05, 0.1) is 6.04 Å². The van der Waals surface area contributed by atoms with Crippen LogP contribution in [0.2, 0.25) is 0 Å². The third-order valence-corrected chi connectivity index (χ3v) is 2.51. The third-order valence-electron chi connectivity index (χ3n) is 2.51. The first-order valence-corrected chi connectivity index (χ1v) is 5.09. The summed E-state index contributed by atoms with van der Waals surface area (Å²) in [5.41, 5.74) is 0.714. The van der Waals surface area contributed by atoms with Crippen molar-refractivity contribution in [3.8, 4) is 5.75 Å². The van der Waals surface area contributed by atoms with Crippen LogP contribution < -0.4 is 10.6 Å². The van der Waals surface area contributed by atoms with Crippen molar-refractivity contribution in [1.29, 1.82) is 0 Å². The summed E-state index contributed by atoms with van der Waals surface area (Å²) in [6, 6.07) is 6.40. The van der Waals surface area contributed by atoms with Gasteiger partial charge in [0, 0.05) is 5.69 Å². The van der Waals surface area contributed by atoms with Gasteiger partial charge in [-0.25, -0.2) is 0 Å². The molecule has 2 rings (SSSR count). The van der Waals surface area contributed by atoms with Crippen molar-refractivity contribution in [3.63, 3.8) is 0 Å². The smallest absolute Gasteiger partial charge is 0.241 e. The summed E-state index contributed by atoms with van der Waals surface area (Å²) in [6.07, 6.45) is 1.94. The van der Waals surface area contributed by atoms with E-state index < -0.39 is 0 Å². The Balaban J connectivity index is 1.96. The molecule has 15 heavy (non-hydrogen) atoms. The molecule has 1 aliphatic heterocycles. The molecule has 0 spiro atoms. The molecule has 80 valence electrons. The zero-order valence-corrected chi connectivity index (χ0v) is 8.36. The van der Waals surface area contributed by atoms with E-state index in [2.05, 4.69) is 10.6 Å². The Labute approximate surface area is 88.3 Å². The lowest BCUT2D eigenvalue weighted by Gasteiger charge is -2.10. The molecule has 1 atom stereocenters. The number of amides is 1. The van der Waals surface area contributed by atoms with Crippen molar-refractivity contribution in [3.05, 3.63) is 24.3 Å². The van der Waals surface area contributed by atoms with Crippen LogP contribution in [0.15, 0.2) is 24.3 Å². The van der Waals surface area contributed by atoms with Gasteiger partial charge in [-0.05, 0) is 43.7 Å². The normalized spacial score (nSPS) is 20.1. The number of carbonyl (C=O) groups is 1. The second-order valence-corrected chi connectivity index (χ2v) is 3.69. The second kappa shape index (κ2) is 4.31. The summed E-state index contributed by atoms with van der Waals surface area (Å²) >= 11 is 0. The van der Waals surface area contributed by atoms with E-state index in [0.29, 0.717) is 5.69 Å². The predicted molar refractivity (Wildman–Crippen MR) is 57.8 cm³/mol. The molecule has 1 heterocycles. The molecule has 1 saturated heterocycles.